The zero-order chi connectivity index (χ0) is 14.6. The number of ether oxygens (including phenoxy) is 1. The van der Waals surface area contributed by atoms with Gasteiger partial charge in [0.05, 0.1) is 11.6 Å². The predicted octanol–water partition coefficient (Wildman–Crippen LogP) is 2.23. The van der Waals surface area contributed by atoms with Crippen molar-refractivity contribution in [1.82, 2.24) is 5.32 Å². The molecule has 0 aromatic heterocycles. The highest BCUT2D eigenvalue weighted by molar-refractivity contribution is 9.10. The van der Waals surface area contributed by atoms with E-state index in [1.165, 1.54) is 6.92 Å². The zero-order valence-electron chi connectivity index (χ0n) is 11.7. The second kappa shape index (κ2) is 6.39. The minimum Gasteiger partial charge on any atom is -0.496 e. The van der Waals surface area contributed by atoms with Crippen LogP contribution in [0.15, 0.2) is 22.7 Å². The molecule has 106 valence electrons. The number of hydrogen-bond donors (Lipinski definition) is 2. The Labute approximate surface area is 122 Å². The molecular formula is C14H20BrNO3. The van der Waals surface area contributed by atoms with Crippen LogP contribution in [0.3, 0.4) is 0 Å². The minimum atomic E-state index is -0.988. The minimum absolute atomic E-state index is 0.237. The number of benzene rings is 1. The van der Waals surface area contributed by atoms with E-state index in [1.54, 1.807) is 7.11 Å². The van der Waals surface area contributed by atoms with Crippen molar-refractivity contribution >= 4 is 21.8 Å². The molecule has 1 rings (SSSR count). The largest absolute Gasteiger partial charge is 0.496 e. The van der Waals surface area contributed by atoms with Gasteiger partial charge in [-0.3, -0.25) is 4.79 Å². The van der Waals surface area contributed by atoms with Crippen LogP contribution in [0, 0.1) is 0 Å². The lowest BCUT2D eigenvalue weighted by Crippen LogP contribution is -2.40. The van der Waals surface area contributed by atoms with E-state index < -0.39 is 6.10 Å². The third-order valence-corrected chi connectivity index (χ3v) is 3.64. The molecular weight excluding hydrogens is 310 g/mol. The van der Waals surface area contributed by atoms with E-state index in [-0.39, 0.29) is 11.3 Å². The molecule has 5 heteroatoms. The highest BCUT2D eigenvalue weighted by Gasteiger charge is 2.23. The van der Waals surface area contributed by atoms with E-state index in [0.717, 1.165) is 15.8 Å². The molecule has 2 N–H and O–H groups in total. The van der Waals surface area contributed by atoms with Crippen LogP contribution in [0.25, 0.3) is 0 Å². The van der Waals surface area contributed by atoms with Gasteiger partial charge in [-0.05, 0) is 40.5 Å². The normalized spacial score (nSPS) is 12.9. The summed E-state index contributed by atoms with van der Waals surface area (Å²) in [5, 5.41) is 11.9. The van der Waals surface area contributed by atoms with Gasteiger partial charge in [0.2, 0.25) is 5.91 Å². The van der Waals surface area contributed by atoms with Crippen molar-refractivity contribution in [3.8, 4) is 5.75 Å². The van der Waals surface area contributed by atoms with Gasteiger partial charge in [0.15, 0.2) is 0 Å². The smallest absolute Gasteiger partial charge is 0.248 e. The fourth-order valence-electron chi connectivity index (χ4n) is 1.65. The molecule has 1 atom stereocenters. The van der Waals surface area contributed by atoms with Crippen LogP contribution in [0.5, 0.6) is 5.75 Å². The van der Waals surface area contributed by atoms with E-state index in [9.17, 15) is 4.79 Å². The first-order chi connectivity index (χ1) is 8.77. The summed E-state index contributed by atoms with van der Waals surface area (Å²) in [6.45, 7) is 5.97. The molecule has 0 spiro atoms. The maximum absolute atomic E-state index is 11.4. The molecule has 1 aromatic rings. The van der Waals surface area contributed by atoms with Crippen molar-refractivity contribution in [3.63, 3.8) is 0 Å². The summed E-state index contributed by atoms with van der Waals surface area (Å²) in [6.07, 6.45) is -0.988. The van der Waals surface area contributed by atoms with Crippen molar-refractivity contribution < 1.29 is 14.6 Å². The van der Waals surface area contributed by atoms with Gasteiger partial charge in [0.25, 0.3) is 0 Å². The third-order valence-electron chi connectivity index (χ3n) is 3.02. The van der Waals surface area contributed by atoms with Gasteiger partial charge >= 0.3 is 0 Å². The quantitative estimate of drug-likeness (QED) is 0.870. The first kappa shape index (κ1) is 16.0. The first-order valence-electron chi connectivity index (χ1n) is 6.07. The van der Waals surface area contributed by atoms with Crippen LogP contribution in [0.4, 0.5) is 0 Å². The molecule has 0 aliphatic rings. The monoisotopic (exact) mass is 329 g/mol. The zero-order valence-corrected chi connectivity index (χ0v) is 13.2. The van der Waals surface area contributed by atoms with E-state index >= 15 is 0 Å². The lowest BCUT2D eigenvalue weighted by Gasteiger charge is -2.26. The van der Waals surface area contributed by atoms with Crippen LogP contribution in [0.1, 0.15) is 26.3 Å². The maximum atomic E-state index is 11.4. The van der Waals surface area contributed by atoms with Crippen LogP contribution >= 0.6 is 15.9 Å². The van der Waals surface area contributed by atoms with Crippen molar-refractivity contribution in [2.45, 2.75) is 32.3 Å². The molecule has 1 unspecified atom stereocenters. The number of halogens is 1. The van der Waals surface area contributed by atoms with Crippen molar-refractivity contribution in [2.75, 3.05) is 13.7 Å². The molecule has 0 saturated carbocycles. The summed E-state index contributed by atoms with van der Waals surface area (Å²) in [5.41, 5.74) is 0.838. The number of carbonyl (C=O) groups is 1. The SMILES string of the molecule is COc1ccc(C(C)(C)CNC(=O)C(C)O)cc1Br. The van der Waals surface area contributed by atoms with Gasteiger partial charge < -0.3 is 15.2 Å². The number of aliphatic hydroxyl groups excluding tert-OH is 1. The Hall–Kier alpha value is -1.07. The predicted molar refractivity (Wildman–Crippen MR) is 78.4 cm³/mol. The Balaban J connectivity index is 2.82. The summed E-state index contributed by atoms with van der Waals surface area (Å²) in [5.74, 6) is 0.410. The summed E-state index contributed by atoms with van der Waals surface area (Å²) in [7, 11) is 1.62. The third kappa shape index (κ3) is 4.21. The number of carbonyl (C=O) groups excluding carboxylic acids is 1. The Morgan fingerprint density at radius 3 is 2.63 bits per heavy atom. The molecule has 0 heterocycles. The van der Waals surface area contributed by atoms with Crippen LogP contribution in [-0.4, -0.2) is 30.8 Å². The summed E-state index contributed by atoms with van der Waals surface area (Å²) in [6, 6.07) is 5.84. The van der Waals surface area contributed by atoms with Gasteiger partial charge in [0, 0.05) is 12.0 Å². The Morgan fingerprint density at radius 1 is 1.53 bits per heavy atom. The van der Waals surface area contributed by atoms with Crippen LogP contribution < -0.4 is 10.1 Å². The van der Waals surface area contributed by atoms with Crippen LogP contribution in [-0.2, 0) is 10.2 Å². The Morgan fingerprint density at radius 2 is 2.16 bits per heavy atom. The standard InChI is InChI=1S/C14H20BrNO3/c1-9(17)13(18)16-8-14(2,3)10-5-6-12(19-4)11(15)7-10/h5-7,9,17H,8H2,1-4H3,(H,16,18). The molecule has 1 aromatic carbocycles. The molecule has 0 fully saturated rings. The van der Waals surface area contributed by atoms with E-state index in [2.05, 4.69) is 21.2 Å². The number of hydrogen-bond acceptors (Lipinski definition) is 3. The fourth-order valence-corrected chi connectivity index (χ4v) is 2.19. The number of nitrogens with one attached hydrogen (secondary N) is 1. The summed E-state index contributed by atoms with van der Waals surface area (Å²) >= 11 is 3.45. The first-order valence-corrected chi connectivity index (χ1v) is 6.87. The average Bonchev–Trinajstić information content (AvgIpc) is 2.35. The molecule has 0 aliphatic carbocycles. The van der Waals surface area contributed by atoms with E-state index in [0.29, 0.717) is 6.54 Å². The molecule has 1 amide bonds. The highest BCUT2D eigenvalue weighted by atomic mass is 79.9. The summed E-state index contributed by atoms with van der Waals surface area (Å²) < 4.78 is 6.07. The van der Waals surface area contributed by atoms with Gasteiger partial charge in [-0.1, -0.05) is 19.9 Å². The molecule has 0 saturated heterocycles. The average molecular weight is 330 g/mol. The number of amides is 1. The van der Waals surface area contributed by atoms with E-state index in [4.69, 9.17) is 9.84 Å². The van der Waals surface area contributed by atoms with Gasteiger partial charge in [0.1, 0.15) is 11.9 Å². The Kier molecular flexibility index (Phi) is 5.38. The summed E-state index contributed by atoms with van der Waals surface area (Å²) in [4.78, 5) is 11.4. The molecule has 4 nitrogen and oxygen atoms in total. The van der Waals surface area contributed by atoms with Crippen LogP contribution in [0.2, 0.25) is 0 Å². The highest BCUT2D eigenvalue weighted by Crippen LogP contribution is 2.31. The maximum Gasteiger partial charge on any atom is 0.248 e. The van der Waals surface area contributed by atoms with Crippen molar-refractivity contribution in [1.29, 1.82) is 0 Å². The van der Waals surface area contributed by atoms with Crippen molar-refractivity contribution in [3.05, 3.63) is 28.2 Å². The molecule has 0 aliphatic heterocycles. The Bertz CT molecular complexity index is 458. The van der Waals surface area contributed by atoms with Crippen molar-refractivity contribution in [2.24, 2.45) is 0 Å². The van der Waals surface area contributed by atoms with Gasteiger partial charge in [-0.15, -0.1) is 0 Å². The molecule has 0 radical (unpaired) electrons. The van der Waals surface area contributed by atoms with Gasteiger partial charge in [-0.2, -0.15) is 0 Å². The van der Waals surface area contributed by atoms with Gasteiger partial charge in [-0.25, -0.2) is 0 Å². The topological polar surface area (TPSA) is 58.6 Å². The molecule has 19 heavy (non-hydrogen) atoms. The molecule has 0 bridgehead atoms. The number of methoxy groups -OCH3 is 1. The lowest BCUT2D eigenvalue weighted by atomic mass is 9.84. The lowest BCUT2D eigenvalue weighted by molar-refractivity contribution is -0.128. The number of aliphatic hydroxyl groups is 1. The number of rotatable bonds is 5. The second-order valence-corrected chi connectivity index (χ2v) is 5.98. The fraction of sp³-hybridized carbons (Fsp3) is 0.500. The van der Waals surface area contributed by atoms with E-state index in [1.807, 2.05) is 32.0 Å². The second-order valence-electron chi connectivity index (χ2n) is 5.13.